The number of nitrogens with zero attached hydrogens (tertiary/aromatic N) is 1. The molecule has 4 heteroatoms. The van der Waals surface area contributed by atoms with Crippen LogP contribution in [0.4, 0.5) is 0 Å². The van der Waals surface area contributed by atoms with Crippen molar-refractivity contribution in [1.82, 2.24) is 0 Å². The molecule has 1 N–H and O–H groups in total. The lowest BCUT2D eigenvalue weighted by atomic mass is 10.2. The van der Waals surface area contributed by atoms with Crippen LogP contribution in [-0.4, -0.2) is 18.3 Å². The van der Waals surface area contributed by atoms with Gasteiger partial charge < -0.3 is 9.84 Å². The van der Waals surface area contributed by atoms with Crippen LogP contribution in [0.25, 0.3) is 0 Å². The molecule has 0 spiro atoms. The van der Waals surface area contributed by atoms with Gasteiger partial charge in [0.15, 0.2) is 0 Å². The molecule has 0 aliphatic rings. The Labute approximate surface area is 91.1 Å². The highest BCUT2D eigenvalue weighted by Crippen LogP contribution is 2.25. The Morgan fingerprint density at radius 1 is 1.50 bits per heavy atom. The van der Waals surface area contributed by atoms with Gasteiger partial charge in [-0.2, -0.15) is 5.26 Å². The summed E-state index contributed by atoms with van der Waals surface area (Å²) in [6, 6.07) is 7.39. The fourth-order valence-corrected chi connectivity index (χ4v) is 1.42. The number of rotatable bonds is 4. The topological polar surface area (TPSA) is 53.2 Å². The Morgan fingerprint density at radius 3 is 2.93 bits per heavy atom. The van der Waals surface area contributed by atoms with Crippen molar-refractivity contribution in [3.63, 3.8) is 0 Å². The van der Waals surface area contributed by atoms with Crippen molar-refractivity contribution in [2.45, 2.75) is 6.42 Å². The molecule has 1 aromatic rings. The van der Waals surface area contributed by atoms with E-state index in [4.69, 9.17) is 15.1 Å². The highest BCUT2D eigenvalue weighted by molar-refractivity contribution is 9.10. The van der Waals surface area contributed by atoms with Gasteiger partial charge in [0.25, 0.3) is 0 Å². The third-order valence-electron chi connectivity index (χ3n) is 1.65. The summed E-state index contributed by atoms with van der Waals surface area (Å²) >= 11 is 3.26. The largest absolute Gasteiger partial charge is 0.492 e. The van der Waals surface area contributed by atoms with E-state index in [1.54, 1.807) is 18.2 Å². The first-order chi connectivity index (χ1) is 6.79. The molecule has 0 saturated heterocycles. The minimum Gasteiger partial charge on any atom is -0.492 e. The van der Waals surface area contributed by atoms with Gasteiger partial charge in [-0.3, -0.25) is 0 Å². The Morgan fingerprint density at radius 2 is 2.29 bits per heavy atom. The van der Waals surface area contributed by atoms with Gasteiger partial charge in [0.1, 0.15) is 17.4 Å². The first-order valence-corrected chi connectivity index (χ1v) is 5.01. The number of halogens is 1. The minimum atomic E-state index is 0.0931. The zero-order valence-electron chi connectivity index (χ0n) is 7.53. The van der Waals surface area contributed by atoms with E-state index in [0.717, 1.165) is 4.47 Å². The number of nitriles is 1. The number of aliphatic hydroxyl groups excluding tert-OH is 1. The molecular weight excluding hydrogens is 246 g/mol. The third-order valence-corrected chi connectivity index (χ3v) is 2.31. The van der Waals surface area contributed by atoms with Crippen LogP contribution in [0.5, 0.6) is 5.75 Å². The summed E-state index contributed by atoms with van der Waals surface area (Å²) in [6.45, 7) is 0.511. The van der Waals surface area contributed by atoms with Crippen LogP contribution >= 0.6 is 15.9 Å². The molecule has 1 rings (SSSR count). The molecule has 0 amide bonds. The van der Waals surface area contributed by atoms with E-state index in [1.165, 1.54) is 0 Å². The predicted octanol–water partition coefficient (Wildman–Crippen LogP) is 2.08. The second-order valence-corrected chi connectivity index (χ2v) is 3.50. The normalized spacial score (nSPS) is 9.50. The van der Waals surface area contributed by atoms with Gasteiger partial charge in [-0.05, 0) is 28.1 Å². The molecular formula is C10H10BrNO2. The summed E-state index contributed by atoms with van der Waals surface area (Å²) in [6.07, 6.45) is 0.567. The summed E-state index contributed by atoms with van der Waals surface area (Å²) in [5.41, 5.74) is 0.491. The standard InChI is InChI=1S/C10H10BrNO2/c11-9-3-1-4-10(8(9)7-12)14-6-2-5-13/h1,3-4,13H,2,5-6H2. The summed E-state index contributed by atoms with van der Waals surface area (Å²) in [5.74, 6) is 0.551. The van der Waals surface area contributed by atoms with E-state index in [-0.39, 0.29) is 6.61 Å². The van der Waals surface area contributed by atoms with E-state index in [1.807, 2.05) is 0 Å². The van der Waals surface area contributed by atoms with E-state index < -0.39 is 0 Å². The molecule has 0 aromatic heterocycles. The van der Waals surface area contributed by atoms with E-state index >= 15 is 0 Å². The molecule has 0 aliphatic heterocycles. The highest BCUT2D eigenvalue weighted by atomic mass is 79.9. The maximum atomic E-state index is 8.85. The molecule has 0 heterocycles. The lowest BCUT2D eigenvalue weighted by molar-refractivity contribution is 0.233. The quantitative estimate of drug-likeness (QED) is 0.839. The molecule has 0 radical (unpaired) electrons. The molecule has 0 saturated carbocycles. The fourth-order valence-electron chi connectivity index (χ4n) is 0.980. The van der Waals surface area contributed by atoms with Gasteiger partial charge in [-0.1, -0.05) is 6.07 Å². The lowest BCUT2D eigenvalue weighted by Crippen LogP contribution is -2.01. The number of ether oxygens (including phenoxy) is 1. The SMILES string of the molecule is N#Cc1c(Br)cccc1OCCCO. The van der Waals surface area contributed by atoms with Crippen LogP contribution in [0.3, 0.4) is 0 Å². The highest BCUT2D eigenvalue weighted by Gasteiger charge is 2.06. The van der Waals surface area contributed by atoms with Crippen LogP contribution in [0.15, 0.2) is 22.7 Å². The molecule has 1 aromatic carbocycles. The van der Waals surface area contributed by atoms with E-state index in [9.17, 15) is 0 Å². The van der Waals surface area contributed by atoms with Crippen LogP contribution in [0.2, 0.25) is 0 Å². The average Bonchev–Trinajstić information content (AvgIpc) is 2.18. The number of benzene rings is 1. The summed E-state index contributed by atoms with van der Waals surface area (Å²) in [4.78, 5) is 0. The third kappa shape index (κ3) is 2.72. The molecule has 3 nitrogen and oxygen atoms in total. The second kappa shape index (κ2) is 5.63. The van der Waals surface area contributed by atoms with Crippen LogP contribution in [0.1, 0.15) is 12.0 Å². The van der Waals surface area contributed by atoms with Gasteiger partial charge in [-0.15, -0.1) is 0 Å². The smallest absolute Gasteiger partial charge is 0.138 e. The van der Waals surface area contributed by atoms with Crippen molar-refractivity contribution in [3.05, 3.63) is 28.2 Å². The summed E-state index contributed by atoms with van der Waals surface area (Å²) < 4.78 is 6.06. The van der Waals surface area contributed by atoms with Crippen molar-refractivity contribution in [1.29, 1.82) is 5.26 Å². The molecule has 14 heavy (non-hydrogen) atoms. The maximum absolute atomic E-state index is 8.85. The van der Waals surface area contributed by atoms with Crippen molar-refractivity contribution >= 4 is 15.9 Å². The van der Waals surface area contributed by atoms with Gasteiger partial charge >= 0.3 is 0 Å². The lowest BCUT2D eigenvalue weighted by Gasteiger charge is -2.07. The molecule has 0 aliphatic carbocycles. The van der Waals surface area contributed by atoms with Gasteiger partial charge in [0.05, 0.1) is 6.61 Å². The second-order valence-electron chi connectivity index (χ2n) is 2.65. The van der Waals surface area contributed by atoms with Crippen LogP contribution < -0.4 is 4.74 Å². The Bertz CT molecular complexity index is 346. The van der Waals surface area contributed by atoms with Crippen molar-refractivity contribution in [3.8, 4) is 11.8 Å². The Hall–Kier alpha value is -1.05. The molecule has 0 bridgehead atoms. The average molecular weight is 256 g/mol. The van der Waals surface area contributed by atoms with Crippen molar-refractivity contribution in [2.24, 2.45) is 0 Å². The minimum absolute atomic E-state index is 0.0931. The van der Waals surface area contributed by atoms with Crippen molar-refractivity contribution in [2.75, 3.05) is 13.2 Å². The fraction of sp³-hybridized carbons (Fsp3) is 0.300. The van der Waals surface area contributed by atoms with Gasteiger partial charge in [0.2, 0.25) is 0 Å². The number of hydrogen-bond donors (Lipinski definition) is 1. The first kappa shape index (κ1) is 11.0. The van der Waals surface area contributed by atoms with Gasteiger partial charge in [-0.25, -0.2) is 0 Å². The van der Waals surface area contributed by atoms with E-state index in [2.05, 4.69) is 22.0 Å². The zero-order valence-corrected chi connectivity index (χ0v) is 9.12. The molecule has 0 unspecified atom stereocenters. The number of hydrogen-bond acceptors (Lipinski definition) is 3. The number of aliphatic hydroxyl groups is 1. The molecule has 74 valence electrons. The Balaban J connectivity index is 2.76. The zero-order chi connectivity index (χ0) is 10.4. The summed E-state index contributed by atoms with van der Waals surface area (Å²) in [7, 11) is 0. The van der Waals surface area contributed by atoms with Crippen LogP contribution in [-0.2, 0) is 0 Å². The predicted molar refractivity (Wildman–Crippen MR) is 56.1 cm³/mol. The van der Waals surface area contributed by atoms with E-state index in [0.29, 0.717) is 24.3 Å². The monoisotopic (exact) mass is 255 g/mol. The Kier molecular flexibility index (Phi) is 4.44. The van der Waals surface area contributed by atoms with Gasteiger partial charge in [0, 0.05) is 17.5 Å². The molecule has 0 atom stereocenters. The first-order valence-electron chi connectivity index (χ1n) is 4.22. The summed E-state index contributed by atoms with van der Waals surface area (Å²) in [5, 5.41) is 17.4. The maximum Gasteiger partial charge on any atom is 0.138 e. The molecule has 0 fully saturated rings. The van der Waals surface area contributed by atoms with Crippen molar-refractivity contribution < 1.29 is 9.84 Å². The van der Waals surface area contributed by atoms with Crippen LogP contribution in [0, 0.1) is 11.3 Å².